The van der Waals surface area contributed by atoms with Crippen molar-refractivity contribution in [3.05, 3.63) is 28.6 Å². The summed E-state index contributed by atoms with van der Waals surface area (Å²) in [6.07, 6.45) is 8.09. The van der Waals surface area contributed by atoms with Crippen LogP contribution in [0.25, 0.3) is 10.9 Å². The van der Waals surface area contributed by atoms with E-state index in [0.717, 1.165) is 51.4 Å². The fourth-order valence-electron chi connectivity index (χ4n) is 3.68. The van der Waals surface area contributed by atoms with Crippen molar-refractivity contribution in [2.45, 2.75) is 85.6 Å². The van der Waals surface area contributed by atoms with Crippen LogP contribution in [-0.4, -0.2) is 23.1 Å². The highest BCUT2D eigenvalue weighted by molar-refractivity contribution is 5.95. The Morgan fingerprint density at radius 3 is 2.25 bits per heavy atom. The molecule has 0 aliphatic carbocycles. The molecular weight excluding hydrogens is 408 g/mol. The van der Waals surface area contributed by atoms with E-state index >= 15 is 0 Å². The van der Waals surface area contributed by atoms with Gasteiger partial charge in [0.15, 0.2) is 5.75 Å². The van der Waals surface area contributed by atoms with E-state index in [1.807, 2.05) is 0 Å². The normalized spacial score (nSPS) is 10.9. The van der Waals surface area contributed by atoms with Crippen molar-refractivity contribution < 1.29 is 19.1 Å². The number of aryl methyl sites for hydroxylation is 1. The second-order valence-electron chi connectivity index (χ2n) is 8.09. The van der Waals surface area contributed by atoms with Crippen LogP contribution in [0.5, 0.6) is 11.5 Å². The summed E-state index contributed by atoms with van der Waals surface area (Å²) in [5.41, 5.74) is 0.853. The van der Waals surface area contributed by atoms with E-state index in [0.29, 0.717) is 29.7 Å². The van der Waals surface area contributed by atoms with Gasteiger partial charge >= 0.3 is 5.97 Å². The number of esters is 1. The van der Waals surface area contributed by atoms with Crippen LogP contribution in [0.2, 0.25) is 0 Å². The van der Waals surface area contributed by atoms with E-state index in [2.05, 4.69) is 19.2 Å². The Morgan fingerprint density at radius 2 is 1.62 bits per heavy atom. The lowest BCUT2D eigenvalue weighted by Gasteiger charge is -2.18. The molecule has 176 valence electrons. The van der Waals surface area contributed by atoms with Crippen LogP contribution in [0.3, 0.4) is 0 Å². The molecule has 1 aromatic carbocycles. The Balaban J connectivity index is 2.57. The first kappa shape index (κ1) is 25.4. The fourth-order valence-corrected chi connectivity index (χ4v) is 3.68. The monoisotopic (exact) mass is 444 g/mol. The van der Waals surface area contributed by atoms with Crippen molar-refractivity contribution in [1.82, 2.24) is 4.57 Å². The average molecular weight is 445 g/mol. The number of ether oxygens (including phenoxy) is 2. The summed E-state index contributed by atoms with van der Waals surface area (Å²) in [6.45, 7) is 7.91. The van der Waals surface area contributed by atoms with Gasteiger partial charge in [-0.1, -0.05) is 52.4 Å². The Morgan fingerprint density at radius 1 is 0.938 bits per heavy atom. The molecule has 1 amide bonds. The molecule has 1 aromatic heterocycles. The molecule has 1 heterocycles. The van der Waals surface area contributed by atoms with Crippen LogP contribution in [0.1, 0.15) is 79.1 Å². The molecule has 2 rings (SSSR count). The van der Waals surface area contributed by atoms with Crippen molar-refractivity contribution in [2.24, 2.45) is 0 Å². The number of carbonyl (C=O) groups is 2. The molecule has 0 fully saturated rings. The van der Waals surface area contributed by atoms with Gasteiger partial charge in [0.2, 0.25) is 11.7 Å². The highest BCUT2D eigenvalue weighted by atomic mass is 16.6. The predicted molar refractivity (Wildman–Crippen MR) is 128 cm³/mol. The second kappa shape index (κ2) is 12.9. The summed E-state index contributed by atoms with van der Waals surface area (Å²) in [5.74, 6) is -0.533. The third-order valence-electron chi connectivity index (χ3n) is 5.22. The summed E-state index contributed by atoms with van der Waals surface area (Å²) in [7, 11) is 0. The number of pyridine rings is 1. The highest BCUT2D eigenvalue weighted by Gasteiger charge is 2.21. The Hall–Kier alpha value is -2.83. The first-order valence-electron chi connectivity index (χ1n) is 11.7. The maximum atomic E-state index is 13.4. The van der Waals surface area contributed by atoms with Gasteiger partial charge in [-0.15, -0.1) is 0 Å². The molecule has 0 bridgehead atoms. The first-order valence-corrected chi connectivity index (χ1v) is 11.7. The predicted octanol–water partition coefficient (Wildman–Crippen LogP) is 5.42. The van der Waals surface area contributed by atoms with Crippen LogP contribution >= 0.6 is 0 Å². The smallest absolute Gasteiger partial charge is 0.308 e. The maximum Gasteiger partial charge on any atom is 0.308 e. The molecule has 0 atom stereocenters. The minimum atomic E-state index is -0.565. The van der Waals surface area contributed by atoms with E-state index in [1.54, 1.807) is 22.8 Å². The van der Waals surface area contributed by atoms with E-state index in [9.17, 15) is 14.4 Å². The molecule has 0 radical (unpaired) electrons. The lowest BCUT2D eigenvalue weighted by Crippen LogP contribution is -2.25. The van der Waals surface area contributed by atoms with Gasteiger partial charge in [0.05, 0.1) is 12.1 Å². The quantitative estimate of drug-likeness (QED) is 0.329. The number of aromatic nitrogens is 1. The second-order valence-corrected chi connectivity index (χ2v) is 8.09. The van der Waals surface area contributed by atoms with E-state index < -0.39 is 11.5 Å². The summed E-state index contributed by atoms with van der Waals surface area (Å²) in [4.78, 5) is 36.7. The van der Waals surface area contributed by atoms with Gasteiger partial charge in [0, 0.05) is 31.5 Å². The van der Waals surface area contributed by atoms with E-state index in [1.165, 1.54) is 13.8 Å². The molecule has 0 spiro atoms. The zero-order chi connectivity index (χ0) is 23.5. The molecule has 7 heteroatoms. The third-order valence-corrected chi connectivity index (χ3v) is 5.22. The standard InChI is InChI=1S/C25H36N2O5/c1-5-7-9-11-15-27-22-17-20(26-18(3)28)13-14-21(22)23(31-16-12-10-8-6-2)24(25(27)30)32-19(4)29/h13-14,17H,5-12,15-16H2,1-4H3,(H,26,28). The van der Waals surface area contributed by atoms with Crippen LogP contribution in [0.15, 0.2) is 23.0 Å². The summed E-state index contributed by atoms with van der Waals surface area (Å²) < 4.78 is 13.0. The number of nitrogens with zero attached hydrogens (tertiary/aromatic N) is 1. The minimum Gasteiger partial charge on any atom is -0.489 e. The van der Waals surface area contributed by atoms with Gasteiger partial charge in [-0.2, -0.15) is 0 Å². The number of benzene rings is 1. The average Bonchev–Trinajstić information content (AvgIpc) is 2.74. The molecule has 0 saturated carbocycles. The number of anilines is 1. The lowest BCUT2D eigenvalue weighted by molar-refractivity contribution is -0.132. The largest absolute Gasteiger partial charge is 0.489 e. The summed E-state index contributed by atoms with van der Waals surface area (Å²) in [5, 5.41) is 3.45. The van der Waals surface area contributed by atoms with Crippen molar-refractivity contribution in [2.75, 3.05) is 11.9 Å². The van der Waals surface area contributed by atoms with Crippen LogP contribution in [0, 0.1) is 0 Å². The van der Waals surface area contributed by atoms with E-state index in [4.69, 9.17) is 9.47 Å². The third kappa shape index (κ3) is 7.11. The van der Waals surface area contributed by atoms with Crippen molar-refractivity contribution in [1.29, 1.82) is 0 Å². The number of hydrogen-bond donors (Lipinski definition) is 1. The first-order chi connectivity index (χ1) is 15.4. The molecule has 0 unspecified atom stereocenters. The zero-order valence-corrected chi connectivity index (χ0v) is 19.8. The van der Waals surface area contributed by atoms with Crippen LogP contribution in [-0.2, 0) is 16.1 Å². The maximum absolute atomic E-state index is 13.4. The van der Waals surface area contributed by atoms with Gasteiger partial charge in [-0.3, -0.25) is 14.4 Å². The van der Waals surface area contributed by atoms with Gasteiger partial charge < -0.3 is 19.4 Å². The van der Waals surface area contributed by atoms with E-state index in [-0.39, 0.29) is 17.4 Å². The lowest BCUT2D eigenvalue weighted by atomic mass is 10.1. The molecule has 0 saturated heterocycles. The number of amides is 1. The summed E-state index contributed by atoms with van der Waals surface area (Å²) in [6, 6.07) is 5.34. The van der Waals surface area contributed by atoms with Crippen molar-refractivity contribution in [3.8, 4) is 11.5 Å². The number of nitrogens with one attached hydrogen (secondary N) is 1. The SMILES string of the molecule is CCCCCCOc1c(OC(C)=O)c(=O)n(CCCCCC)c2cc(NC(C)=O)ccc12. The molecule has 0 aliphatic rings. The van der Waals surface area contributed by atoms with Crippen molar-refractivity contribution >= 4 is 28.5 Å². The number of rotatable bonds is 13. The molecule has 32 heavy (non-hydrogen) atoms. The molecular formula is C25H36N2O5. The Bertz CT molecular complexity index is 980. The number of fused-ring (bicyclic) bond motifs is 1. The number of unbranched alkanes of at least 4 members (excludes halogenated alkanes) is 6. The minimum absolute atomic E-state index is 0.0664. The van der Waals surface area contributed by atoms with Gasteiger partial charge in [0.1, 0.15) is 0 Å². The highest BCUT2D eigenvalue weighted by Crippen LogP contribution is 2.35. The van der Waals surface area contributed by atoms with Gasteiger partial charge in [-0.25, -0.2) is 0 Å². The van der Waals surface area contributed by atoms with Crippen molar-refractivity contribution in [3.63, 3.8) is 0 Å². The van der Waals surface area contributed by atoms with Gasteiger partial charge in [0.25, 0.3) is 5.56 Å². The summed E-state index contributed by atoms with van der Waals surface area (Å²) >= 11 is 0. The molecule has 2 aromatic rings. The topological polar surface area (TPSA) is 86.6 Å². The molecule has 7 nitrogen and oxygen atoms in total. The van der Waals surface area contributed by atoms with Gasteiger partial charge in [-0.05, 0) is 31.0 Å². The molecule has 0 aliphatic heterocycles. The van der Waals surface area contributed by atoms with Crippen LogP contribution < -0.4 is 20.3 Å². The zero-order valence-electron chi connectivity index (χ0n) is 19.8. The van der Waals surface area contributed by atoms with Crippen LogP contribution in [0.4, 0.5) is 5.69 Å². The number of hydrogen-bond acceptors (Lipinski definition) is 5. The molecule has 1 N–H and O–H groups in total. The Labute approximate surface area is 190 Å². The number of carbonyl (C=O) groups excluding carboxylic acids is 2. The fraction of sp³-hybridized carbons (Fsp3) is 0.560. The Kier molecular flexibility index (Phi) is 10.2.